The molecular weight excluding hydrogens is 260 g/mol. The van der Waals surface area contributed by atoms with Gasteiger partial charge in [0.1, 0.15) is 9.84 Å². The van der Waals surface area contributed by atoms with Gasteiger partial charge in [-0.05, 0) is 19.0 Å². The van der Waals surface area contributed by atoms with Crippen LogP contribution in [0.5, 0.6) is 0 Å². The van der Waals surface area contributed by atoms with Crippen LogP contribution in [0.2, 0.25) is 0 Å². The maximum atomic E-state index is 13.6. The quantitative estimate of drug-likeness (QED) is 0.865. The third-order valence-electron chi connectivity index (χ3n) is 2.58. The van der Waals surface area contributed by atoms with Gasteiger partial charge in [0, 0.05) is 17.9 Å². The van der Waals surface area contributed by atoms with Crippen LogP contribution in [0, 0.1) is 11.6 Å². The van der Waals surface area contributed by atoms with Crippen molar-refractivity contribution in [1.82, 2.24) is 5.32 Å². The molecule has 0 aromatic heterocycles. The lowest BCUT2D eigenvalue weighted by atomic mass is 10.0. The Morgan fingerprint density at radius 3 is 2.56 bits per heavy atom. The topological polar surface area (TPSA) is 46.2 Å². The van der Waals surface area contributed by atoms with E-state index < -0.39 is 27.5 Å². The minimum absolute atomic E-state index is 0.0688. The fraction of sp³-hybridized carbons (Fsp3) is 0.500. The van der Waals surface area contributed by atoms with Crippen molar-refractivity contribution in [2.24, 2.45) is 0 Å². The molecule has 1 aromatic carbocycles. The van der Waals surface area contributed by atoms with E-state index in [0.29, 0.717) is 6.54 Å². The molecule has 1 rings (SSSR count). The van der Waals surface area contributed by atoms with Gasteiger partial charge in [-0.2, -0.15) is 0 Å². The van der Waals surface area contributed by atoms with E-state index in [0.717, 1.165) is 12.3 Å². The van der Waals surface area contributed by atoms with E-state index in [1.165, 1.54) is 12.1 Å². The van der Waals surface area contributed by atoms with Gasteiger partial charge in [-0.1, -0.05) is 19.1 Å². The van der Waals surface area contributed by atoms with E-state index in [2.05, 4.69) is 5.32 Å². The molecule has 0 amide bonds. The molecule has 0 radical (unpaired) electrons. The van der Waals surface area contributed by atoms with Gasteiger partial charge in [0.2, 0.25) is 0 Å². The number of hydrogen-bond donors (Lipinski definition) is 1. The van der Waals surface area contributed by atoms with Crippen LogP contribution in [0.25, 0.3) is 0 Å². The summed E-state index contributed by atoms with van der Waals surface area (Å²) < 4.78 is 49.0. The van der Waals surface area contributed by atoms with Crippen molar-refractivity contribution in [3.63, 3.8) is 0 Å². The summed E-state index contributed by atoms with van der Waals surface area (Å²) in [6, 6.07) is 3.42. The Balaban J connectivity index is 2.93. The fourth-order valence-electron chi connectivity index (χ4n) is 1.74. The third-order valence-corrected chi connectivity index (χ3v) is 3.56. The second kappa shape index (κ2) is 6.24. The Morgan fingerprint density at radius 2 is 2.00 bits per heavy atom. The van der Waals surface area contributed by atoms with Crippen molar-refractivity contribution in [2.75, 3.05) is 18.6 Å². The Kier molecular flexibility index (Phi) is 5.22. The van der Waals surface area contributed by atoms with Gasteiger partial charge >= 0.3 is 0 Å². The molecule has 1 aromatic rings. The van der Waals surface area contributed by atoms with Gasteiger partial charge in [0.15, 0.2) is 11.6 Å². The lowest BCUT2D eigenvalue weighted by Crippen LogP contribution is -2.24. The number of sulfone groups is 1. The summed E-state index contributed by atoms with van der Waals surface area (Å²) in [5.74, 6) is -1.91. The highest BCUT2D eigenvalue weighted by molar-refractivity contribution is 7.90. The van der Waals surface area contributed by atoms with Crippen LogP contribution in [-0.4, -0.2) is 27.0 Å². The molecule has 1 atom stereocenters. The summed E-state index contributed by atoms with van der Waals surface area (Å²) in [6.45, 7) is 2.37. The predicted octanol–water partition coefficient (Wildman–Crippen LogP) is 2.05. The van der Waals surface area contributed by atoms with Crippen molar-refractivity contribution in [3.05, 3.63) is 35.4 Å². The predicted molar refractivity (Wildman–Crippen MR) is 67.1 cm³/mol. The minimum Gasteiger partial charge on any atom is -0.310 e. The molecule has 102 valence electrons. The van der Waals surface area contributed by atoms with Crippen molar-refractivity contribution >= 4 is 9.84 Å². The van der Waals surface area contributed by atoms with E-state index in [9.17, 15) is 17.2 Å². The molecule has 0 heterocycles. The Bertz CT molecular complexity index is 503. The number of rotatable bonds is 6. The summed E-state index contributed by atoms with van der Waals surface area (Å²) in [5.41, 5.74) is 0.167. The molecule has 18 heavy (non-hydrogen) atoms. The Hall–Kier alpha value is -1.01. The highest BCUT2D eigenvalue weighted by atomic mass is 32.2. The highest BCUT2D eigenvalue weighted by Gasteiger charge is 2.18. The van der Waals surface area contributed by atoms with Crippen LogP contribution >= 0.6 is 0 Å². The van der Waals surface area contributed by atoms with Crippen LogP contribution in [-0.2, 0) is 9.84 Å². The van der Waals surface area contributed by atoms with E-state index in [1.807, 2.05) is 6.92 Å². The maximum absolute atomic E-state index is 13.6. The molecule has 1 unspecified atom stereocenters. The normalized spacial score (nSPS) is 13.6. The molecule has 0 spiro atoms. The first-order valence-electron chi connectivity index (χ1n) is 5.70. The molecule has 1 N–H and O–H groups in total. The summed E-state index contributed by atoms with van der Waals surface area (Å²) in [5, 5.41) is 2.97. The zero-order valence-electron chi connectivity index (χ0n) is 10.4. The van der Waals surface area contributed by atoms with Gasteiger partial charge in [-0.3, -0.25) is 0 Å². The summed E-state index contributed by atoms with van der Waals surface area (Å²) in [4.78, 5) is 0. The van der Waals surface area contributed by atoms with Crippen LogP contribution in [0.1, 0.15) is 24.9 Å². The first-order valence-corrected chi connectivity index (χ1v) is 7.76. The largest absolute Gasteiger partial charge is 0.310 e. The van der Waals surface area contributed by atoms with Crippen LogP contribution in [0.3, 0.4) is 0 Å². The maximum Gasteiger partial charge on any atom is 0.163 e. The van der Waals surface area contributed by atoms with Crippen LogP contribution in [0.15, 0.2) is 18.2 Å². The van der Waals surface area contributed by atoms with Crippen molar-refractivity contribution < 1.29 is 17.2 Å². The second-order valence-electron chi connectivity index (χ2n) is 4.17. The van der Waals surface area contributed by atoms with Gasteiger partial charge in [-0.15, -0.1) is 0 Å². The number of halogens is 2. The molecular formula is C12H17F2NO2S. The van der Waals surface area contributed by atoms with Crippen molar-refractivity contribution in [3.8, 4) is 0 Å². The molecule has 0 fully saturated rings. The summed E-state index contributed by atoms with van der Waals surface area (Å²) in [6.07, 6.45) is 1.34. The Morgan fingerprint density at radius 1 is 1.33 bits per heavy atom. The number of benzene rings is 1. The second-order valence-corrected chi connectivity index (χ2v) is 6.43. The Labute approximate surface area is 106 Å². The first kappa shape index (κ1) is 15.0. The zero-order valence-corrected chi connectivity index (χ0v) is 11.2. The van der Waals surface area contributed by atoms with Crippen molar-refractivity contribution in [2.45, 2.75) is 19.4 Å². The van der Waals surface area contributed by atoms with E-state index in [-0.39, 0.29) is 17.7 Å². The summed E-state index contributed by atoms with van der Waals surface area (Å²) >= 11 is 0. The van der Waals surface area contributed by atoms with E-state index in [4.69, 9.17) is 0 Å². The third kappa shape index (κ3) is 4.34. The molecule has 0 aliphatic heterocycles. The summed E-state index contributed by atoms with van der Waals surface area (Å²) in [7, 11) is -3.12. The number of hydrogen-bond acceptors (Lipinski definition) is 3. The number of nitrogens with one attached hydrogen (secondary N) is 1. The highest BCUT2D eigenvalue weighted by Crippen LogP contribution is 2.22. The fourth-order valence-corrected chi connectivity index (χ4v) is 2.40. The molecule has 0 saturated heterocycles. The van der Waals surface area contributed by atoms with E-state index in [1.54, 1.807) is 0 Å². The average molecular weight is 277 g/mol. The zero-order chi connectivity index (χ0) is 13.8. The standard InChI is InChI=1S/C12H17F2NO2S/c1-3-15-11(7-8-18(2,16)17)9-5-4-6-10(13)12(9)14/h4-6,11,15H,3,7-8H2,1-2H3. The van der Waals surface area contributed by atoms with Gasteiger partial charge < -0.3 is 5.32 Å². The van der Waals surface area contributed by atoms with Crippen molar-refractivity contribution in [1.29, 1.82) is 0 Å². The molecule has 0 saturated carbocycles. The first-order chi connectivity index (χ1) is 8.35. The lowest BCUT2D eigenvalue weighted by Gasteiger charge is -2.18. The monoisotopic (exact) mass is 277 g/mol. The molecule has 3 nitrogen and oxygen atoms in total. The molecule has 0 aliphatic carbocycles. The lowest BCUT2D eigenvalue weighted by molar-refractivity contribution is 0.459. The van der Waals surface area contributed by atoms with Crippen LogP contribution < -0.4 is 5.32 Å². The van der Waals surface area contributed by atoms with Gasteiger partial charge in [0.05, 0.1) is 5.75 Å². The molecule has 0 bridgehead atoms. The molecule has 6 heteroatoms. The van der Waals surface area contributed by atoms with Crippen LogP contribution in [0.4, 0.5) is 8.78 Å². The average Bonchev–Trinajstić information content (AvgIpc) is 2.27. The SMILES string of the molecule is CCNC(CCS(C)(=O)=O)c1cccc(F)c1F. The molecule has 0 aliphatic rings. The van der Waals surface area contributed by atoms with Gasteiger partial charge in [-0.25, -0.2) is 17.2 Å². The minimum atomic E-state index is -3.12. The smallest absolute Gasteiger partial charge is 0.163 e. The van der Waals surface area contributed by atoms with Gasteiger partial charge in [0.25, 0.3) is 0 Å². The van der Waals surface area contributed by atoms with E-state index >= 15 is 0 Å².